The maximum atomic E-state index is 12.4. The molecule has 6 nitrogen and oxygen atoms in total. The number of benzene rings is 1. The SMILES string of the molecule is CCOCc1cccc(NS(=O)(=O)c2cnc(N)c(C)c2)c1. The summed E-state index contributed by atoms with van der Waals surface area (Å²) in [6.45, 7) is 4.66. The number of aromatic nitrogens is 1. The van der Waals surface area contributed by atoms with Gasteiger partial charge in [-0.15, -0.1) is 0 Å². The van der Waals surface area contributed by atoms with Crippen LogP contribution in [0.15, 0.2) is 41.4 Å². The van der Waals surface area contributed by atoms with Gasteiger partial charge in [0.05, 0.1) is 6.61 Å². The third kappa shape index (κ3) is 3.96. The number of anilines is 2. The number of rotatable bonds is 6. The summed E-state index contributed by atoms with van der Waals surface area (Å²) in [5, 5.41) is 0. The number of nitrogens with one attached hydrogen (secondary N) is 1. The lowest BCUT2D eigenvalue weighted by atomic mass is 10.2. The topological polar surface area (TPSA) is 94.3 Å². The molecule has 1 aromatic carbocycles. The highest BCUT2D eigenvalue weighted by molar-refractivity contribution is 7.92. The number of nitrogens with two attached hydrogens (primary N) is 1. The van der Waals surface area contributed by atoms with Crippen LogP contribution < -0.4 is 10.5 Å². The first-order valence-electron chi connectivity index (χ1n) is 6.84. The third-order valence-electron chi connectivity index (χ3n) is 3.06. The van der Waals surface area contributed by atoms with Crippen molar-refractivity contribution in [2.45, 2.75) is 25.3 Å². The minimum absolute atomic E-state index is 0.0782. The Morgan fingerprint density at radius 1 is 1.32 bits per heavy atom. The first kappa shape index (κ1) is 16.3. The summed E-state index contributed by atoms with van der Waals surface area (Å²) >= 11 is 0. The molecule has 22 heavy (non-hydrogen) atoms. The van der Waals surface area contributed by atoms with Crippen molar-refractivity contribution in [1.82, 2.24) is 4.98 Å². The molecule has 7 heteroatoms. The monoisotopic (exact) mass is 321 g/mol. The molecule has 1 aromatic heterocycles. The molecule has 0 amide bonds. The van der Waals surface area contributed by atoms with Crippen molar-refractivity contribution in [1.29, 1.82) is 0 Å². The first-order chi connectivity index (χ1) is 10.4. The number of ether oxygens (including phenoxy) is 1. The van der Waals surface area contributed by atoms with Crippen LogP contribution in [0, 0.1) is 6.92 Å². The smallest absolute Gasteiger partial charge is 0.263 e. The van der Waals surface area contributed by atoms with Gasteiger partial charge in [-0.3, -0.25) is 4.72 Å². The van der Waals surface area contributed by atoms with E-state index in [4.69, 9.17) is 10.5 Å². The van der Waals surface area contributed by atoms with Crippen molar-refractivity contribution in [2.75, 3.05) is 17.1 Å². The number of hydrogen-bond donors (Lipinski definition) is 2. The number of pyridine rings is 1. The zero-order chi connectivity index (χ0) is 16.2. The van der Waals surface area contributed by atoms with Crippen LogP contribution in [0.4, 0.5) is 11.5 Å². The van der Waals surface area contributed by atoms with Crippen molar-refractivity contribution in [3.8, 4) is 0 Å². The van der Waals surface area contributed by atoms with Crippen LogP contribution in [0.5, 0.6) is 0 Å². The van der Waals surface area contributed by atoms with Gasteiger partial charge in [-0.1, -0.05) is 12.1 Å². The molecule has 0 spiro atoms. The molecular formula is C15H19N3O3S. The second-order valence-corrected chi connectivity index (χ2v) is 6.50. The van der Waals surface area contributed by atoms with Gasteiger partial charge in [0.25, 0.3) is 10.0 Å². The predicted octanol–water partition coefficient (Wildman–Crippen LogP) is 2.31. The van der Waals surface area contributed by atoms with Crippen LogP contribution >= 0.6 is 0 Å². The third-order valence-corrected chi connectivity index (χ3v) is 4.40. The number of hydrogen-bond acceptors (Lipinski definition) is 5. The minimum atomic E-state index is -3.70. The molecule has 118 valence electrons. The molecule has 2 rings (SSSR count). The average Bonchev–Trinajstić information content (AvgIpc) is 2.47. The standard InChI is InChI=1S/C15H19N3O3S/c1-3-21-10-12-5-4-6-13(8-12)18-22(19,20)14-7-11(2)15(16)17-9-14/h4-9,18H,3,10H2,1-2H3,(H2,16,17). The summed E-state index contributed by atoms with van der Waals surface area (Å²) < 4.78 is 32.6. The van der Waals surface area contributed by atoms with Gasteiger partial charge in [-0.2, -0.15) is 0 Å². The number of sulfonamides is 1. The molecule has 0 bridgehead atoms. The molecule has 0 atom stereocenters. The molecule has 0 aliphatic heterocycles. The van der Waals surface area contributed by atoms with Crippen LogP contribution in [0.1, 0.15) is 18.1 Å². The average molecular weight is 321 g/mol. The zero-order valence-corrected chi connectivity index (χ0v) is 13.4. The van der Waals surface area contributed by atoms with E-state index in [1.807, 2.05) is 13.0 Å². The molecule has 0 fully saturated rings. The van der Waals surface area contributed by atoms with E-state index < -0.39 is 10.0 Å². The lowest BCUT2D eigenvalue weighted by Gasteiger charge is -2.10. The van der Waals surface area contributed by atoms with Gasteiger partial charge < -0.3 is 10.5 Å². The van der Waals surface area contributed by atoms with Crippen LogP contribution in [0.2, 0.25) is 0 Å². The van der Waals surface area contributed by atoms with E-state index in [0.29, 0.717) is 30.3 Å². The maximum absolute atomic E-state index is 12.4. The van der Waals surface area contributed by atoms with Crippen molar-refractivity contribution in [3.05, 3.63) is 47.7 Å². The van der Waals surface area contributed by atoms with Crippen molar-refractivity contribution in [3.63, 3.8) is 0 Å². The number of nitrogen functional groups attached to an aromatic ring is 1. The van der Waals surface area contributed by atoms with Crippen molar-refractivity contribution >= 4 is 21.5 Å². The molecule has 0 saturated heterocycles. The van der Waals surface area contributed by atoms with Gasteiger partial charge in [0.1, 0.15) is 10.7 Å². The molecule has 2 aromatic rings. The lowest BCUT2D eigenvalue weighted by molar-refractivity contribution is 0.134. The van der Waals surface area contributed by atoms with E-state index >= 15 is 0 Å². The summed E-state index contributed by atoms with van der Waals surface area (Å²) in [4.78, 5) is 3.96. The molecule has 1 heterocycles. The zero-order valence-electron chi connectivity index (χ0n) is 12.5. The van der Waals surface area contributed by atoms with E-state index in [-0.39, 0.29) is 4.90 Å². The van der Waals surface area contributed by atoms with Crippen LogP contribution in [0.3, 0.4) is 0 Å². The fourth-order valence-electron chi connectivity index (χ4n) is 1.87. The van der Waals surface area contributed by atoms with Gasteiger partial charge in [-0.25, -0.2) is 13.4 Å². The Morgan fingerprint density at radius 2 is 2.09 bits per heavy atom. The van der Waals surface area contributed by atoms with Gasteiger partial charge in [-0.05, 0) is 43.2 Å². The fourth-order valence-corrected chi connectivity index (χ4v) is 2.94. The van der Waals surface area contributed by atoms with Crippen LogP contribution in [-0.4, -0.2) is 20.0 Å². The van der Waals surface area contributed by atoms with Crippen molar-refractivity contribution in [2.24, 2.45) is 0 Å². The van der Waals surface area contributed by atoms with Crippen molar-refractivity contribution < 1.29 is 13.2 Å². The molecular weight excluding hydrogens is 302 g/mol. The summed E-state index contributed by atoms with van der Waals surface area (Å²) in [5.74, 6) is 0.317. The Hall–Kier alpha value is -2.12. The highest BCUT2D eigenvalue weighted by Crippen LogP contribution is 2.19. The predicted molar refractivity (Wildman–Crippen MR) is 86.0 cm³/mol. The largest absolute Gasteiger partial charge is 0.383 e. The Balaban J connectivity index is 2.23. The summed E-state index contributed by atoms with van der Waals surface area (Å²) in [6.07, 6.45) is 1.24. The van der Waals surface area contributed by atoms with E-state index in [2.05, 4.69) is 9.71 Å². The molecule has 0 radical (unpaired) electrons. The molecule has 0 saturated carbocycles. The van der Waals surface area contributed by atoms with Crippen LogP contribution in [-0.2, 0) is 21.4 Å². The van der Waals surface area contributed by atoms with E-state index in [9.17, 15) is 8.42 Å². The highest BCUT2D eigenvalue weighted by atomic mass is 32.2. The molecule has 3 N–H and O–H groups in total. The minimum Gasteiger partial charge on any atom is -0.383 e. The second-order valence-electron chi connectivity index (χ2n) is 4.82. The first-order valence-corrected chi connectivity index (χ1v) is 8.32. The fraction of sp³-hybridized carbons (Fsp3) is 0.267. The van der Waals surface area contributed by atoms with E-state index in [1.54, 1.807) is 25.1 Å². The van der Waals surface area contributed by atoms with Gasteiger partial charge in [0, 0.05) is 18.5 Å². The number of aryl methyl sites for hydroxylation is 1. The van der Waals surface area contributed by atoms with Crippen LogP contribution in [0.25, 0.3) is 0 Å². The lowest BCUT2D eigenvalue weighted by Crippen LogP contribution is -2.14. The molecule has 0 unspecified atom stereocenters. The summed E-state index contributed by atoms with van der Waals surface area (Å²) in [7, 11) is -3.70. The quantitative estimate of drug-likeness (QED) is 0.851. The molecule has 0 aliphatic carbocycles. The Labute approximate surface area is 130 Å². The van der Waals surface area contributed by atoms with Gasteiger partial charge >= 0.3 is 0 Å². The molecule has 0 aliphatic rings. The number of nitrogens with zero attached hydrogens (tertiary/aromatic N) is 1. The van der Waals surface area contributed by atoms with Gasteiger partial charge in [0.2, 0.25) is 0 Å². The van der Waals surface area contributed by atoms with E-state index in [1.165, 1.54) is 12.3 Å². The van der Waals surface area contributed by atoms with E-state index in [0.717, 1.165) is 5.56 Å². The Bertz CT molecular complexity index is 760. The Morgan fingerprint density at radius 3 is 2.77 bits per heavy atom. The highest BCUT2D eigenvalue weighted by Gasteiger charge is 2.16. The Kier molecular flexibility index (Phi) is 4.99. The maximum Gasteiger partial charge on any atom is 0.263 e. The van der Waals surface area contributed by atoms with Gasteiger partial charge in [0.15, 0.2) is 0 Å². The normalized spacial score (nSPS) is 11.4. The summed E-state index contributed by atoms with van der Waals surface area (Å²) in [6, 6.07) is 8.57. The second kappa shape index (κ2) is 6.76. The summed E-state index contributed by atoms with van der Waals surface area (Å²) in [5.41, 5.74) is 7.60.